The summed E-state index contributed by atoms with van der Waals surface area (Å²) in [5.74, 6) is -0.811. The maximum atomic E-state index is 13.6. The van der Waals surface area contributed by atoms with Gasteiger partial charge >= 0.3 is 5.97 Å². The molecule has 0 unspecified atom stereocenters. The summed E-state index contributed by atoms with van der Waals surface area (Å²) < 4.78 is 25.4. The van der Waals surface area contributed by atoms with E-state index >= 15 is 0 Å². The molecule has 122 valence electrons. The molecule has 6 heteroatoms. The first-order valence-electron chi connectivity index (χ1n) is 7.28. The Morgan fingerprint density at radius 1 is 1.12 bits per heavy atom. The third-order valence-corrected chi connectivity index (χ3v) is 3.43. The highest BCUT2D eigenvalue weighted by atomic mass is 19.1. The van der Waals surface area contributed by atoms with Crippen LogP contribution in [0.2, 0.25) is 0 Å². The highest BCUT2D eigenvalue weighted by Gasteiger charge is 2.20. The van der Waals surface area contributed by atoms with Crippen molar-refractivity contribution in [3.63, 3.8) is 0 Å². The molecule has 24 heavy (non-hydrogen) atoms. The van der Waals surface area contributed by atoms with E-state index < -0.39 is 11.8 Å². The Labute approximate surface area is 138 Å². The fraction of sp³-hybridized carbons (Fsp3) is 0.111. The van der Waals surface area contributed by atoms with E-state index in [-0.39, 0.29) is 18.1 Å². The Balaban J connectivity index is 1.79. The number of carbonyl (C=O) groups is 1. The van der Waals surface area contributed by atoms with Crippen LogP contribution in [0.5, 0.6) is 5.75 Å². The Hall–Kier alpha value is -3.15. The van der Waals surface area contributed by atoms with Gasteiger partial charge < -0.3 is 9.47 Å². The van der Waals surface area contributed by atoms with E-state index in [9.17, 15) is 9.18 Å². The van der Waals surface area contributed by atoms with Gasteiger partial charge in [0.1, 0.15) is 12.4 Å². The molecule has 3 aromatic rings. The maximum absolute atomic E-state index is 13.6. The van der Waals surface area contributed by atoms with Gasteiger partial charge in [0.15, 0.2) is 5.75 Å². The number of hydrogen-bond donors (Lipinski definition) is 0. The summed E-state index contributed by atoms with van der Waals surface area (Å²) in [5.41, 5.74) is 1.12. The van der Waals surface area contributed by atoms with Crippen molar-refractivity contribution in [2.24, 2.45) is 0 Å². The van der Waals surface area contributed by atoms with E-state index in [0.717, 1.165) is 5.69 Å². The Bertz CT molecular complexity index is 846. The van der Waals surface area contributed by atoms with Gasteiger partial charge in [-0.2, -0.15) is 5.10 Å². The van der Waals surface area contributed by atoms with E-state index in [0.29, 0.717) is 5.56 Å². The first-order valence-corrected chi connectivity index (χ1v) is 7.28. The Morgan fingerprint density at radius 2 is 1.83 bits per heavy atom. The first kappa shape index (κ1) is 15.7. The topological polar surface area (TPSA) is 53.4 Å². The average molecular weight is 326 g/mol. The molecule has 0 bridgehead atoms. The number of nitrogens with zero attached hydrogens (tertiary/aromatic N) is 2. The van der Waals surface area contributed by atoms with Crippen LogP contribution in [0.25, 0.3) is 5.69 Å². The minimum Gasteiger partial charge on any atom is -0.493 e. The number of rotatable bonds is 5. The fourth-order valence-corrected chi connectivity index (χ4v) is 2.19. The van der Waals surface area contributed by atoms with Crippen molar-refractivity contribution in [2.75, 3.05) is 7.11 Å². The lowest BCUT2D eigenvalue weighted by Gasteiger charge is -2.05. The monoisotopic (exact) mass is 326 g/mol. The van der Waals surface area contributed by atoms with Crippen molar-refractivity contribution in [2.45, 2.75) is 6.61 Å². The summed E-state index contributed by atoms with van der Waals surface area (Å²) in [5, 5.41) is 4.21. The van der Waals surface area contributed by atoms with Gasteiger partial charge in [-0.25, -0.2) is 13.9 Å². The highest BCUT2D eigenvalue weighted by Crippen LogP contribution is 2.21. The lowest BCUT2D eigenvalue weighted by molar-refractivity contribution is 0.0458. The number of methoxy groups -OCH3 is 1. The van der Waals surface area contributed by atoms with Gasteiger partial charge in [-0.05, 0) is 18.2 Å². The van der Waals surface area contributed by atoms with Crippen molar-refractivity contribution in [3.8, 4) is 11.4 Å². The third kappa shape index (κ3) is 3.27. The molecule has 0 radical (unpaired) electrons. The fourth-order valence-electron chi connectivity index (χ4n) is 2.19. The maximum Gasteiger partial charge on any atom is 0.363 e. The molecular formula is C18H15FN2O3. The smallest absolute Gasteiger partial charge is 0.363 e. The zero-order valence-electron chi connectivity index (χ0n) is 13.0. The lowest BCUT2D eigenvalue weighted by Crippen LogP contribution is -2.09. The van der Waals surface area contributed by atoms with Gasteiger partial charge in [0.25, 0.3) is 0 Å². The second-order valence-corrected chi connectivity index (χ2v) is 4.99. The van der Waals surface area contributed by atoms with Crippen LogP contribution in [0.15, 0.2) is 60.8 Å². The van der Waals surface area contributed by atoms with Gasteiger partial charge in [0.2, 0.25) is 5.69 Å². The number of benzene rings is 2. The number of halogens is 1. The van der Waals surface area contributed by atoms with Crippen LogP contribution in [-0.4, -0.2) is 22.9 Å². The normalized spacial score (nSPS) is 10.4. The van der Waals surface area contributed by atoms with Crippen molar-refractivity contribution >= 4 is 5.97 Å². The third-order valence-electron chi connectivity index (χ3n) is 3.43. The largest absolute Gasteiger partial charge is 0.493 e. The number of esters is 1. The van der Waals surface area contributed by atoms with E-state index in [1.165, 1.54) is 17.9 Å². The molecule has 0 aliphatic heterocycles. The highest BCUT2D eigenvalue weighted by molar-refractivity contribution is 5.90. The van der Waals surface area contributed by atoms with E-state index in [2.05, 4.69) is 5.10 Å². The molecule has 5 nitrogen and oxygen atoms in total. The Morgan fingerprint density at radius 3 is 2.54 bits per heavy atom. The number of ether oxygens (including phenoxy) is 2. The van der Waals surface area contributed by atoms with Crippen molar-refractivity contribution in [3.05, 3.63) is 77.9 Å². The second-order valence-electron chi connectivity index (χ2n) is 4.99. The molecule has 3 rings (SSSR count). The summed E-state index contributed by atoms with van der Waals surface area (Å²) in [7, 11) is 1.44. The predicted molar refractivity (Wildman–Crippen MR) is 85.6 cm³/mol. The first-order chi connectivity index (χ1) is 11.7. The van der Waals surface area contributed by atoms with E-state index in [4.69, 9.17) is 9.47 Å². The number of hydrogen-bond acceptors (Lipinski definition) is 4. The molecule has 0 N–H and O–H groups in total. The molecule has 1 aromatic heterocycles. The summed E-state index contributed by atoms with van der Waals surface area (Å²) in [6.45, 7) is -0.174. The molecule has 0 atom stereocenters. The zero-order chi connectivity index (χ0) is 16.9. The minimum atomic E-state index is -0.676. The minimum absolute atomic E-state index is 0.0395. The molecule has 0 saturated carbocycles. The summed E-state index contributed by atoms with van der Waals surface area (Å²) in [6.07, 6.45) is 1.59. The SMILES string of the molecule is COc1cn(-c2ccccc2)nc1C(=O)OCc1ccccc1F. The Kier molecular flexibility index (Phi) is 4.56. The lowest BCUT2D eigenvalue weighted by atomic mass is 10.2. The van der Waals surface area contributed by atoms with Gasteiger partial charge in [-0.1, -0.05) is 36.4 Å². The molecule has 0 aliphatic rings. The van der Waals surface area contributed by atoms with Crippen LogP contribution in [0.4, 0.5) is 4.39 Å². The molecule has 0 aliphatic carbocycles. The van der Waals surface area contributed by atoms with Crippen LogP contribution in [0, 0.1) is 5.82 Å². The van der Waals surface area contributed by atoms with Crippen molar-refractivity contribution < 1.29 is 18.7 Å². The van der Waals surface area contributed by atoms with Crippen molar-refractivity contribution in [1.82, 2.24) is 9.78 Å². The van der Waals surface area contributed by atoms with E-state index in [1.807, 2.05) is 30.3 Å². The summed E-state index contributed by atoms with van der Waals surface area (Å²) in [4.78, 5) is 12.3. The summed E-state index contributed by atoms with van der Waals surface area (Å²) in [6, 6.07) is 15.4. The number of para-hydroxylation sites is 1. The van der Waals surface area contributed by atoms with Gasteiger partial charge in [0.05, 0.1) is 19.0 Å². The molecule has 0 amide bonds. The standard InChI is InChI=1S/C18H15FN2O3/c1-23-16-11-21(14-8-3-2-4-9-14)20-17(16)18(22)24-12-13-7-5-6-10-15(13)19/h2-11H,12H2,1H3. The molecule has 0 fully saturated rings. The van der Waals surface area contributed by atoms with Crippen molar-refractivity contribution in [1.29, 1.82) is 0 Å². The molecule has 0 saturated heterocycles. The number of carbonyl (C=O) groups excluding carboxylic acids is 1. The van der Waals surface area contributed by atoms with Crippen LogP contribution in [0.3, 0.4) is 0 Å². The van der Waals surface area contributed by atoms with Crippen LogP contribution < -0.4 is 4.74 Å². The summed E-state index contributed by atoms with van der Waals surface area (Å²) >= 11 is 0. The quantitative estimate of drug-likeness (QED) is 0.675. The molecule has 2 aromatic carbocycles. The zero-order valence-corrected chi connectivity index (χ0v) is 13.0. The predicted octanol–water partition coefficient (Wildman–Crippen LogP) is 3.38. The van der Waals surface area contributed by atoms with Crippen LogP contribution >= 0.6 is 0 Å². The molecule has 0 spiro atoms. The molecular weight excluding hydrogens is 311 g/mol. The van der Waals surface area contributed by atoms with Gasteiger partial charge in [-0.15, -0.1) is 0 Å². The van der Waals surface area contributed by atoms with Crippen LogP contribution in [-0.2, 0) is 11.3 Å². The van der Waals surface area contributed by atoms with E-state index in [1.54, 1.807) is 24.4 Å². The van der Waals surface area contributed by atoms with Crippen LogP contribution in [0.1, 0.15) is 16.1 Å². The average Bonchev–Trinajstić information content (AvgIpc) is 3.06. The number of aromatic nitrogens is 2. The molecule has 1 heterocycles. The second kappa shape index (κ2) is 6.95. The van der Waals surface area contributed by atoms with Gasteiger partial charge in [-0.3, -0.25) is 0 Å². The van der Waals surface area contributed by atoms with Gasteiger partial charge in [0, 0.05) is 5.56 Å².